The summed E-state index contributed by atoms with van der Waals surface area (Å²) in [7, 11) is 0. The van der Waals surface area contributed by atoms with Crippen molar-refractivity contribution in [1.29, 1.82) is 0 Å². The first-order valence-electron chi connectivity index (χ1n) is 4.42. The SMILES string of the molecule is CCc1c(C=O)oc2ccc(Cl)cc12. The van der Waals surface area contributed by atoms with E-state index in [1.807, 2.05) is 13.0 Å². The van der Waals surface area contributed by atoms with Gasteiger partial charge in [-0.05, 0) is 24.6 Å². The number of furan rings is 1. The standard InChI is InChI=1S/C11H9ClO2/c1-2-8-9-5-7(12)3-4-10(9)14-11(8)6-13/h3-6H,2H2,1H3. The largest absolute Gasteiger partial charge is 0.453 e. The molecule has 2 nitrogen and oxygen atoms in total. The Morgan fingerprint density at radius 1 is 1.50 bits per heavy atom. The Labute approximate surface area is 86.5 Å². The highest BCUT2D eigenvalue weighted by Gasteiger charge is 2.11. The van der Waals surface area contributed by atoms with Crippen molar-refractivity contribution >= 4 is 28.9 Å². The average molecular weight is 209 g/mol. The third-order valence-corrected chi connectivity index (χ3v) is 2.48. The summed E-state index contributed by atoms with van der Waals surface area (Å²) in [6, 6.07) is 5.36. The van der Waals surface area contributed by atoms with E-state index in [0.717, 1.165) is 23.7 Å². The van der Waals surface area contributed by atoms with Crippen molar-refractivity contribution < 1.29 is 9.21 Å². The van der Waals surface area contributed by atoms with Crippen LogP contribution in [-0.2, 0) is 6.42 Å². The molecule has 72 valence electrons. The van der Waals surface area contributed by atoms with Crippen molar-refractivity contribution in [2.24, 2.45) is 0 Å². The number of fused-ring (bicyclic) bond motifs is 1. The maximum absolute atomic E-state index is 10.7. The van der Waals surface area contributed by atoms with Gasteiger partial charge in [-0.15, -0.1) is 0 Å². The summed E-state index contributed by atoms with van der Waals surface area (Å²) in [6.45, 7) is 1.98. The topological polar surface area (TPSA) is 30.2 Å². The maximum atomic E-state index is 10.7. The van der Waals surface area contributed by atoms with Crippen molar-refractivity contribution in [3.63, 3.8) is 0 Å². The van der Waals surface area contributed by atoms with Gasteiger partial charge in [0, 0.05) is 16.0 Å². The van der Waals surface area contributed by atoms with Crippen LogP contribution in [-0.4, -0.2) is 6.29 Å². The van der Waals surface area contributed by atoms with Crippen LogP contribution in [0.25, 0.3) is 11.0 Å². The van der Waals surface area contributed by atoms with E-state index < -0.39 is 0 Å². The second-order valence-corrected chi connectivity index (χ2v) is 3.49. The monoisotopic (exact) mass is 208 g/mol. The third kappa shape index (κ3) is 1.32. The van der Waals surface area contributed by atoms with Crippen molar-refractivity contribution in [3.8, 4) is 0 Å². The van der Waals surface area contributed by atoms with Gasteiger partial charge in [0.25, 0.3) is 0 Å². The van der Waals surface area contributed by atoms with Gasteiger partial charge in [-0.1, -0.05) is 18.5 Å². The van der Waals surface area contributed by atoms with Crippen LogP contribution in [0.5, 0.6) is 0 Å². The van der Waals surface area contributed by atoms with Gasteiger partial charge in [0.15, 0.2) is 12.0 Å². The number of hydrogen-bond acceptors (Lipinski definition) is 2. The van der Waals surface area contributed by atoms with Crippen LogP contribution in [0.3, 0.4) is 0 Å². The van der Waals surface area contributed by atoms with Crippen LogP contribution >= 0.6 is 11.6 Å². The first-order chi connectivity index (χ1) is 6.76. The molecule has 0 aliphatic heterocycles. The van der Waals surface area contributed by atoms with E-state index in [1.165, 1.54) is 0 Å². The number of carbonyl (C=O) groups excluding carboxylic acids is 1. The summed E-state index contributed by atoms with van der Waals surface area (Å²) in [5.74, 6) is 0.407. The van der Waals surface area contributed by atoms with Gasteiger partial charge in [0.2, 0.25) is 0 Å². The first-order valence-corrected chi connectivity index (χ1v) is 4.80. The molecule has 0 aliphatic carbocycles. The lowest BCUT2D eigenvalue weighted by atomic mass is 10.1. The minimum atomic E-state index is 0.407. The van der Waals surface area contributed by atoms with E-state index in [4.69, 9.17) is 16.0 Å². The smallest absolute Gasteiger partial charge is 0.185 e. The van der Waals surface area contributed by atoms with Gasteiger partial charge in [-0.2, -0.15) is 0 Å². The third-order valence-electron chi connectivity index (χ3n) is 2.24. The Morgan fingerprint density at radius 3 is 2.93 bits per heavy atom. The number of aryl methyl sites for hydroxylation is 1. The molecular formula is C11H9ClO2. The van der Waals surface area contributed by atoms with E-state index in [1.54, 1.807) is 12.1 Å². The zero-order valence-corrected chi connectivity index (χ0v) is 8.47. The number of rotatable bonds is 2. The molecule has 0 N–H and O–H groups in total. The number of aldehydes is 1. The van der Waals surface area contributed by atoms with Crippen LogP contribution < -0.4 is 0 Å². The summed E-state index contributed by atoms with van der Waals surface area (Å²) < 4.78 is 5.37. The number of carbonyl (C=O) groups is 1. The molecule has 1 aromatic carbocycles. The molecule has 0 unspecified atom stereocenters. The molecule has 0 aliphatic rings. The summed E-state index contributed by atoms with van der Waals surface area (Å²) in [6.07, 6.45) is 1.51. The number of hydrogen-bond donors (Lipinski definition) is 0. The molecule has 0 amide bonds. The minimum Gasteiger partial charge on any atom is -0.453 e. The summed E-state index contributed by atoms with van der Waals surface area (Å²) >= 11 is 5.87. The molecule has 14 heavy (non-hydrogen) atoms. The lowest BCUT2D eigenvalue weighted by Gasteiger charge is -1.92. The molecule has 2 rings (SSSR count). The Bertz CT molecular complexity index is 485. The number of benzene rings is 1. The second-order valence-electron chi connectivity index (χ2n) is 3.06. The Morgan fingerprint density at radius 2 is 2.29 bits per heavy atom. The molecule has 0 atom stereocenters. The highest BCUT2D eigenvalue weighted by molar-refractivity contribution is 6.31. The summed E-state index contributed by atoms with van der Waals surface area (Å²) in [4.78, 5) is 10.7. The summed E-state index contributed by atoms with van der Waals surface area (Å²) in [5.41, 5.74) is 1.64. The molecule has 0 radical (unpaired) electrons. The quantitative estimate of drug-likeness (QED) is 0.708. The Hall–Kier alpha value is -1.28. The highest BCUT2D eigenvalue weighted by Crippen LogP contribution is 2.27. The van der Waals surface area contributed by atoms with Crippen molar-refractivity contribution in [2.75, 3.05) is 0 Å². The zero-order valence-electron chi connectivity index (χ0n) is 7.71. The average Bonchev–Trinajstić information content (AvgIpc) is 2.54. The molecule has 2 aromatic rings. The van der Waals surface area contributed by atoms with Gasteiger partial charge in [-0.25, -0.2) is 0 Å². The fourth-order valence-corrected chi connectivity index (χ4v) is 1.77. The van der Waals surface area contributed by atoms with E-state index >= 15 is 0 Å². The van der Waals surface area contributed by atoms with Gasteiger partial charge in [-0.3, -0.25) is 4.79 Å². The lowest BCUT2D eigenvalue weighted by molar-refractivity contribution is 0.110. The fraction of sp³-hybridized carbons (Fsp3) is 0.182. The van der Waals surface area contributed by atoms with E-state index in [-0.39, 0.29) is 0 Å². The molecule has 3 heteroatoms. The summed E-state index contributed by atoms with van der Waals surface area (Å²) in [5, 5.41) is 1.59. The van der Waals surface area contributed by atoms with E-state index in [0.29, 0.717) is 16.4 Å². The normalized spacial score (nSPS) is 10.7. The van der Waals surface area contributed by atoms with Crippen molar-refractivity contribution in [2.45, 2.75) is 13.3 Å². The highest BCUT2D eigenvalue weighted by atomic mass is 35.5. The molecule has 0 fully saturated rings. The molecule has 0 saturated carbocycles. The van der Waals surface area contributed by atoms with E-state index in [9.17, 15) is 4.79 Å². The Kier molecular flexibility index (Phi) is 2.30. The lowest BCUT2D eigenvalue weighted by Crippen LogP contribution is -1.83. The molecule has 1 aromatic heterocycles. The van der Waals surface area contributed by atoms with Gasteiger partial charge in [0.1, 0.15) is 5.58 Å². The Balaban J connectivity index is 2.81. The first kappa shape index (κ1) is 9.28. The molecule has 0 bridgehead atoms. The fourth-order valence-electron chi connectivity index (χ4n) is 1.60. The van der Waals surface area contributed by atoms with Crippen LogP contribution in [0.4, 0.5) is 0 Å². The minimum absolute atomic E-state index is 0.407. The van der Waals surface area contributed by atoms with E-state index in [2.05, 4.69) is 0 Å². The molecule has 0 saturated heterocycles. The predicted octanol–water partition coefficient (Wildman–Crippen LogP) is 3.46. The van der Waals surface area contributed by atoms with Crippen molar-refractivity contribution in [3.05, 3.63) is 34.5 Å². The second kappa shape index (κ2) is 3.46. The van der Waals surface area contributed by atoms with Crippen molar-refractivity contribution in [1.82, 2.24) is 0 Å². The van der Waals surface area contributed by atoms with Gasteiger partial charge in [0.05, 0.1) is 0 Å². The zero-order chi connectivity index (χ0) is 10.1. The van der Waals surface area contributed by atoms with Crippen LogP contribution in [0, 0.1) is 0 Å². The number of halogens is 1. The molecular weight excluding hydrogens is 200 g/mol. The van der Waals surface area contributed by atoms with Crippen LogP contribution in [0.15, 0.2) is 22.6 Å². The van der Waals surface area contributed by atoms with Crippen LogP contribution in [0.2, 0.25) is 5.02 Å². The maximum Gasteiger partial charge on any atom is 0.185 e. The predicted molar refractivity (Wildman–Crippen MR) is 56.0 cm³/mol. The van der Waals surface area contributed by atoms with Gasteiger partial charge < -0.3 is 4.42 Å². The molecule has 0 spiro atoms. The van der Waals surface area contributed by atoms with Gasteiger partial charge >= 0.3 is 0 Å². The van der Waals surface area contributed by atoms with Crippen LogP contribution in [0.1, 0.15) is 23.0 Å². The molecule has 1 heterocycles.